The van der Waals surface area contributed by atoms with Gasteiger partial charge >= 0.3 is 26.2 Å². The van der Waals surface area contributed by atoms with Gasteiger partial charge in [0.25, 0.3) is 0 Å². The summed E-state index contributed by atoms with van der Waals surface area (Å²) in [4.78, 5) is 0. The molecule has 0 saturated heterocycles. The fourth-order valence-corrected chi connectivity index (χ4v) is 7.09. The van der Waals surface area contributed by atoms with E-state index in [4.69, 9.17) is 32.0 Å². The van der Waals surface area contributed by atoms with Gasteiger partial charge in [-0.3, -0.25) is 0 Å². The third-order valence-corrected chi connectivity index (χ3v) is 8.51. The summed E-state index contributed by atoms with van der Waals surface area (Å²) in [6.07, 6.45) is 24.4. The Balaban J connectivity index is 0.000000707. The van der Waals surface area contributed by atoms with Gasteiger partial charge in [-0.15, -0.1) is 8.07 Å². The van der Waals surface area contributed by atoms with Gasteiger partial charge < -0.3 is 15.5 Å². The van der Waals surface area contributed by atoms with Gasteiger partial charge in [0.2, 0.25) is 0 Å². The monoisotopic (exact) mass is 591 g/mol. The van der Waals surface area contributed by atoms with Gasteiger partial charge in [0.1, 0.15) is 0 Å². The van der Waals surface area contributed by atoms with E-state index in [2.05, 4.69) is 25.7 Å². The number of halogens is 2. The van der Waals surface area contributed by atoms with Crippen molar-refractivity contribution in [2.45, 2.75) is 38.9 Å². The Hall–Kier alpha value is 2.03. The van der Waals surface area contributed by atoms with Crippen LogP contribution < -0.4 is 0 Å². The molecule has 3 saturated carbocycles. The van der Waals surface area contributed by atoms with E-state index in [-0.39, 0.29) is 31.6 Å². The molecule has 177 valence electrons. The first-order valence-electron chi connectivity index (χ1n) is 11.0. The number of hydrogen-bond donors (Lipinski definition) is 0. The molecule has 0 bridgehead atoms. The maximum Gasteiger partial charge on any atom is 3.00 e. The van der Waals surface area contributed by atoms with Crippen molar-refractivity contribution in [2.24, 2.45) is 17.3 Å². The van der Waals surface area contributed by atoms with E-state index in [1.165, 1.54) is 6.42 Å². The average molecular weight is 594 g/mol. The number of methoxy groups -OCH3 is 2. The van der Waals surface area contributed by atoms with Crippen LogP contribution in [0.4, 0.5) is 0 Å². The number of ether oxygens (including phenoxy) is 2. The third-order valence-electron chi connectivity index (χ3n) is 5.47. The van der Waals surface area contributed by atoms with E-state index in [0.29, 0.717) is 11.8 Å². The molecule has 0 aromatic carbocycles. The summed E-state index contributed by atoms with van der Waals surface area (Å²) in [5.41, 5.74) is 0.144. The average Bonchev–Trinajstić information content (AvgIpc) is 3.45. The predicted molar refractivity (Wildman–Crippen MR) is 141 cm³/mol. The number of rotatable bonds is 9. The van der Waals surface area contributed by atoms with Crippen molar-refractivity contribution in [2.75, 3.05) is 33.6 Å². The Kier molecular flexibility index (Phi) is 20.4. The minimum Gasteiger partial charge on any atom is -0.384 e. The molecule has 3 aliphatic carbocycles. The van der Waals surface area contributed by atoms with Crippen molar-refractivity contribution in [3.63, 3.8) is 0 Å². The summed E-state index contributed by atoms with van der Waals surface area (Å²) in [5, 5.41) is 0. The molecule has 0 amide bonds. The van der Waals surface area contributed by atoms with E-state index in [9.17, 15) is 0 Å². The van der Waals surface area contributed by atoms with Gasteiger partial charge in [-0.25, -0.2) is 0 Å². The molecule has 0 N–H and O–H groups in total. The van der Waals surface area contributed by atoms with Crippen LogP contribution in [0.15, 0.2) is 0 Å². The Morgan fingerprint density at radius 3 is 1.50 bits per heavy atom. The van der Waals surface area contributed by atoms with Crippen LogP contribution in [-0.4, -0.2) is 41.7 Å². The molecule has 32 heavy (non-hydrogen) atoms. The minimum atomic E-state index is -1.13. The largest absolute Gasteiger partial charge is 3.00 e. The van der Waals surface area contributed by atoms with Gasteiger partial charge in [-0.1, -0.05) is 48.0 Å². The Labute approximate surface area is 231 Å². The molecule has 0 aromatic heterocycles. The second kappa shape index (κ2) is 19.2. The topological polar surface area (TPSA) is 18.5 Å². The zero-order chi connectivity index (χ0) is 23.2. The standard InChI is InChI=1S/C15H30Cl2O2PSi.2C5H5.Zr/c1-18-11-15(12-19-2)8-13(6-7-21(3,4)5)14(9-15)10-20(16)17;2*1-2-4-5-3-1;/h7,13-14H,6,8-12H2,1-5H3;2*1-5H;/q-1;;;+3/t13-,14+;;;/m0.../s1. The molecule has 11 radical (unpaired) electrons. The van der Waals surface area contributed by atoms with Crippen LogP contribution >= 0.6 is 29.1 Å². The summed E-state index contributed by atoms with van der Waals surface area (Å²) < 4.78 is 11.0. The molecule has 7 heteroatoms. The van der Waals surface area contributed by atoms with Gasteiger partial charge in [-0.05, 0) is 89.1 Å². The molecule has 2 nitrogen and oxygen atoms in total. The second-order valence-corrected chi connectivity index (χ2v) is 18.6. The number of hydrogen-bond acceptors (Lipinski definition) is 2. The molecule has 0 heterocycles. The fraction of sp³-hybridized carbons (Fsp3) is 0.560. The zero-order valence-corrected chi connectivity index (χ0v) is 26.1. The molecule has 0 spiro atoms. The fourth-order valence-electron chi connectivity index (χ4n) is 4.23. The van der Waals surface area contributed by atoms with E-state index in [1.807, 2.05) is 64.2 Å². The third kappa shape index (κ3) is 15.9. The first kappa shape index (κ1) is 34.0. The molecule has 0 aliphatic heterocycles. The minimum absolute atomic E-state index is 0. The second-order valence-electron chi connectivity index (χ2n) is 9.51. The van der Waals surface area contributed by atoms with Gasteiger partial charge in [0, 0.05) is 19.6 Å². The smallest absolute Gasteiger partial charge is 0.384 e. The van der Waals surface area contributed by atoms with Crippen LogP contribution in [0.5, 0.6) is 0 Å². The maximum absolute atomic E-state index is 6.13. The Morgan fingerprint density at radius 1 is 0.812 bits per heavy atom. The van der Waals surface area contributed by atoms with E-state index in [0.717, 1.165) is 32.2 Å². The van der Waals surface area contributed by atoms with Gasteiger partial charge in [-0.2, -0.15) is 6.42 Å². The predicted octanol–water partition coefficient (Wildman–Crippen LogP) is 7.59. The SMILES string of the molecule is COCC1(COC)C[C@H](C[CH-][Si](C)(C)C)[C@@H](CP(Cl)Cl)C1.[CH]1[CH][CH][CH][CH]1.[CH]1[CH][CH][CH][CH]1.[Zr+3]. The van der Waals surface area contributed by atoms with Crippen molar-refractivity contribution < 1.29 is 35.7 Å². The molecule has 3 aliphatic rings. The Morgan fingerprint density at radius 2 is 1.19 bits per heavy atom. The van der Waals surface area contributed by atoms with E-state index < -0.39 is 14.7 Å². The zero-order valence-electron chi connectivity index (χ0n) is 20.3. The molecular weight excluding hydrogens is 553 g/mol. The summed E-state index contributed by atoms with van der Waals surface area (Å²) in [5.74, 6) is 1.27. The summed E-state index contributed by atoms with van der Waals surface area (Å²) >= 11 is 12.3. The van der Waals surface area contributed by atoms with Crippen LogP contribution in [-0.2, 0) is 35.7 Å². The molecule has 2 atom stereocenters. The first-order valence-corrected chi connectivity index (χ1v) is 17.9. The summed E-state index contributed by atoms with van der Waals surface area (Å²) in [6, 6.07) is 2.57. The van der Waals surface area contributed by atoms with Crippen molar-refractivity contribution in [3.05, 3.63) is 70.3 Å². The van der Waals surface area contributed by atoms with Crippen molar-refractivity contribution in [1.82, 2.24) is 0 Å². The van der Waals surface area contributed by atoms with Gasteiger partial charge in [0.05, 0.1) is 19.8 Å². The summed E-state index contributed by atoms with van der Waals surface area (Å²) in [7, 11) is 2.44. The Bertz CT molecular complexity index is 413. The van der Waals surface area contributed by atoms with Crippen molar-refractivity contribution >= 4 is 37.2 Å². The normalized spacial score (nSPS) is 24.4. The molecule has 3 fully saturated rings. The van der Waals surface area contributed by atoms with Crippen molar-refractivity contribution in [3.8, 4) is 0 Å². The van der Waals surface area contributed by atoms with Crippen LogP contribution in [0, 0.1) is 87.5 Å². The van der Waals surface area contributed by atoms with Crippen LogP contribution in [0.25, 0.3) is 0 Å². The quantitative estimate of drug-likeness (QED) is 0.156. The van der Waals surface area contributed by atoms with Crippen LogP contribution in [0.3, 0.4) is 0 Å². The van der Waals surface area contributed by atoms with Gasteiger partial charge in [0.15, 0.2) is 0 Å². The first-order chi connectivity index (χ1) is 14.7. The molecule has 0 aromatic rings. The molecular formula is C25H40Cl2O2PSiZr+2. The van der Waals surface area contributed by atoms with Crippen LogP contribution in [0.1, 0.15) is 19.3 Å². The van der Waals surface area contributed by atoms with Crippen molar-refractivity contribution in [1.29, 1.82) is 0 Å². The van der Waals surface area contributed by atoms with Crippen LogP contribution in [0.2, 0.25) is 19.6 Å². The van der Waals surface area contributed by atoms with E-state index >= 15 is 0 Å². The molecule has 3 rings (SSSR count). The summed E-state index contributed by atoms with van der Waals surface area (Å²) in [6.45, 7) is 7.84. The molecule has 0 unspecified atom stereocenters. The maximum atomic E-state index is 6.13. The van der Waals surface area contributed by atoms with E-state index in [1.54, 1.807) is 14.2 Å².